The molecule has 0 aromatic heterocycles. The maximum atomic E-state index is 13.2. The predicted octanol–water partition coefficient (Wildman–Crippen LogP) is 1.68. The van der Waals surface area contributed by atoms with Crippen LogP contribution in [0.25, 0.3) is 0 Å². The molecule has 3 aliphatic rings. The summed E-state index contributed by atoms with van der Waals surface area (Å²) in [5, 5.41) is 8.62. The normalized spacial score (nSPS) is 21.6. The summed E-state index contributed by atoms with van der Waals surface area (Å²) in [6.45, 7) is 1.94. The average Bonchev–Trinajstić information content (AvgIpc) is 2.96. The van der Waals surface area contributed by atoms with Crippen molar-refractivity contribution in [1.29, 1.82) is 0 Å². The van der Waals surface area contributed by atoms with Crippen LogP contribution in [0.3, 0.4) is 0 Å². The van der Waals surface area contributed by atoms with Gasteiger partial charge in [0, 0.05) is 50.5 Å². The molecule has 3 heterocycles. The van der Waals surface area contributed by atoms with E-state index in [9.17, 15) is 19.2 Å². The van der Waals surface area contributed by atoms with E-state index in [0.717, 1.165) is 5.56 Å². The second kappa shape index (κ2) is 13.6. The first kappa shape index (κ1) is 27.9. The largest absolute Gasteiger partial charge is 0.493 e. The van der Waals surface area contributed by atoms with Crippen molar-refractivity contribution in [3.05, 3.63) is 59.7 Å². The lowest BCUT2D eigenvalue weighted by atomic mass is 9.95. The number of methoxy groups -OCH3 is 1. The Bertz CT molecular complexity index is 1160. The molecule has 2 aromatic carbocycles. The van der Waals surface area contributed by atoms with Crippen LogP contribution in [-0.2, 0) is 20.8 Å². The first-order chi connectivity index (χ1) is 18.9. The molecule has 0 saturated carbocycles. The Morgan fingerprint density at radius 1 is 0.949 bits per heavy atom. The minimum atomic E-state index is -0.844. The lowest BCUT2D eigenvalue weighted by molar-refractivity contribution is -0.135. The molecule has 3 aliphatic heterocycles. The molecule has 1 saturated heterocycles. The number of carbonyl (C=O) groups excluding carboxylic acids is 4. The standard InChI is InChI=1S/C29H36N4O6/c1-38-24-9-8-22-19-25(24)39-17-5-13-30-27(35)21-11-15-33(16-12-21)26(34)10-14-31-29(37)23(32-28(22)36)18-20-6-3-2-4-7-20/h2-4,6-9,19,21,23H,5,10-18H2,1H3,(H,30,35)(H,31,37)(H,32,36)/t23-/m0/s1. The number of piperidine rings is 1. The van der Waals surface area contributed by atoms with Crippen molar-refractivity contribution >= 4 is 23.6 Å². The van der Waals surface area contributed by atoms with E-state index in [-0.39, 0.29) is 36.6 Å². The van der Waals surface area contributed by atoms with E-state index in [0.29, 0.717) is 69.0 Å². The molecule has 1 atom stereocenters. The number of benzene rings is 2. The van der Waals surface area contributed by atoms with Crippen LogP contribution in [0, 0.1) is 5.92 Å². The second-order valence-electron chi connectivity index (χ2n) is 9.77. The molecule has 10 nitrogen and oxygen atoms in total. The Kier molecular flexibility index (Phi) is 9.77. The zero-order valence-corrected chi connectivity index (χ0v) is 22.2. The van der Waals surface area contributed by atoms with Crippen LogP contribution in [-0.4, -0.2) is 74.5 Å². The van der Waals surface area contributed by atoms with Gasteiger partial charge in [0.15, 0.2) is 11.5 Å². The lowest BCUT2D eigenvalue weighted by Crippen LogP contribution is -2.49. The van der Waals surface area contributed by atoms with Gasteiger partial charge in [0.05, 0.1) is 13.7 Å². The van der Waals surface area contributed by atoms with Gasteiger partial charge in [0.2, 0.25) is 17.7 Å². The Balaban J connectivity index is 1.53. The molecular weight excluding hydrogens is 500 g/mol. The molecule has 3 N–H and O–H groups in total. The number of hydrogen-bond acceptors (Lipinski definition) is 6. The van der Waals surface area contributed by atoms with E-state index in [2.05, 4.69) is 16.0 Å². The SMILES string of the molecule is COc1ccc2cc1OCCCNC(=O)C1CCN(CC1)C(=O)CCNC(=O)[C@H](Cc1ccccc1)NC2=O. The van der Waals surface area contributed by atoms with Gasteiger partial charge in [-0.05, 0) is 43.0 Å². The Morgan fingerprint density at radius 3 is 2.44 bits per heavy atom. The van der Waals surface area contributed by atoms with Gasteiger partial charge in [-0.3, -0.25) is 19.2 Å². The molecule has 0 unspecified atom stereocenters. The van der Waals surface area contributed by atoms with E-state index in [4.69, 9.17) is 9.47 Å². The van der Waals surface area contributed by atoms with Crippen LogP contribution in [0.15, 0.2) is 48.5 Å². The summed E-state index contributed by atoms with van der Waals surface area (Å²) in [5.74, 6) is -0.132. The molecule has 0 spiro atoms. The molecular formula is C29H36N4O6. The second-order valence-corrected chi connectivity index (χ2v) is 9.77. The fourth-order valence-corrected chi connectivity index (χ4v) is 4.81. The van der Waals surface area contributed by atoms with E-state index in [1.807, 2.05) is 30.3 Å². The highest BCUT2D eigenvalue weighted by molar-refractivity contribution is 5.98. The first-order valence-electron chi connectivity index (χ1n) is 13.4. The quantitative estimate of drug-likeness (QED) is 0.548. The van der Waals surface area contributed by atoms with Crippen molar-refractivity contribution < 1.29 is 28.7 Å². The van der Waals surface area contributed by atoms with Crippen LogP contribution in [0.1, 0.15) is 41.6 Å². The fraction of sp³-hybridized carbons (Fsp3) is 0.448. The van der Waals surface area contributed by atoms with Crippen molar-refractivity contribution in [1.82, 2.24) is 20.9 Å². The van der Waals surface area contributed by atoms with Crippen molar-refractivity contribution in [3.63, 3.8) is 0 Å². The maximum Gasteiger partial charge on any atom is 0.252 e. The monoisotopic (exact) mass is 536 g/mol. The van der Waals surface area contributed by atoms with Crippen molar-refractivity contribution in [2.75, 3.05) is 39.9 Å². The van der Waals surface area contributed by atoms with Gasteiger partial charge in [-0.2, -0.15) is 0 Å². The van der Waals surface area contributed by atoms with Crippen LogP contribution in [0.5, 0.6) is 11.5 Å². The van der Waals surface area contributed by atoms with Crippen molar-refractivity contribution in [2.24, 2.45) is 5.92 Å². The third-order valence-corrected chi connectivity index (χ3v) is 7.06. The Labute approximate surface area is 228 Å². The molecule has 39 heavy (non-hydrogen) atoms. The van der Waals surface area contributed by atoms with Gasteiger partial charge in [0.1, 0.15) is 6.04 Å². The number of ether oxygens (including phenoxy) is 2. The summed E-state index contributed by atoms with van der Waals surface area (Å²) in [6.07, 6.45) is 2.22. The molecule has 0 aliphatic carbocycles. The van der Waals surface area contributed by atoms with E-state index >= 15 is 0 Å². The molecule has 1 fully saturated rings. The predicted molar refractivity (Wildman–Crippen MR) is 144 cm³/mol. The molecule has 4 bridgehead atoms. The summed E-state index contributed by atoms with van der Waals surface area (Å²) in [4.78, 5) is 53.4. The highest BCUT2D eigenvalue weighted by atomic mass is 16.5. The number of carbonyl (C=O) groups is 4. The molecule has 5 rings (SSSR count). The molecule has 4 amide bonds. The van der Waals surface area contributed by atoms with Gasteiger partial charge in [-0.15, -0.1) is 0 Å². The number of nitrogens with one attached hydrogen (secondary N) is 3. The van der Waals surface area contributed by atoms with Gasteiger partial charge in [-0.1, -0.05) is 30.3 Å². The first-order valence-corrected chi connectivity index (χ1v) is 13.4. The average molecular weight is 537 g/mol. The highest BCUT2D eigenvalue weighted by Crippen LogP contribution is 2.28. The summed E-state index contributed by atoms with van der Waals surface area (Å²) in [7, 11) is 1.52. The van der Waals surface area contributed by atoms with Crippen molar-refractivity contribution in [2.45, 2.75) is 38.1 Å². The minimum Gasteiger partial charge on any atom is -0.493 e. The van der Waals surface area contributed by atoms with Gasteiger partial charge in [-0.25, -0.2) is 0 Å². The zero-order valence-electron chi connectivity index (χ0n) is 22.2. The summed E-state index contributed by atoms with van der Waals surface area (Å²) in [5.41, 5.74) is 1.21. The summed E-state index contributed by atoms with van der Waals surface area (Å²) >= 11 is 0. The van der Waals surface area contributed by atoms with Gasteiger partial charge >= 0.3 is 0 Å². The molecule has 10 heteroatoms. The number of hydrogen-bond donors (Lipinski definition) is 3. The third kappa shape index (κ3) is 7.72. The van der Waals surface area contributed by atoms with E-state index in [1.54, 1.807) is 23.1 Å². The molecule has 2 aromatic rings. The van der Waals surface area contributed by atoms with Crippen LogP contribution >= 0.6 is 0 Å². The van der Waals surface area contributed by atoms with Gasteiger partial charge < -0.3 is 30.3 Å². The van der Waals surface area contributed by atoms with Gasteiger partial charge in [0.25, 0.3) is 5.91 Å². The highest BCUT2D eigenvalue weighted by Gasteiger charge is 2.28. The number of amides is 4. The Morgan fingerprint density at radius 2 is 1.69 bits per heavy atom. The summed E-state index contributed by atoms with van der Waals surface area (Å²) in [6, 6.07) is 13.4. The molecule has 0 radical (unpaired) electrons. The molecule has 208 valence electrons. The summed E-state index contributed by atoms with van der Waals surface area (Å²) < 4.78 is 11.3. The third-order valence-electron chi connectivity index (χ3n) is 7.06. The minimum absolute atomic E-state index is 0.0130. The van der Waals surface area contributed by atoms with E-state index in [1.165, 1.54) is 7.11 Å². The smallest absolute Gasteiger partial charge is 0.252 e. The van der Waals surface area contributed by atoms with Crippen molar-refractivity contribution in [3.8, 4) is 11.5 Å². The van der Waals surface area contributed by atoms with Crippen LogP contribution < -0.4 is 25.4 Å². The topological polar surface area (TPSA) is 126 Å². The van der Waals surface area contributed by atoms with E-state index < -0.39 is 11.9 Å². The fourth-order valence-electron chi connectivity index (χ4n) is 4.81. The Hall–Kier alpha value is -4.08. The number of fused-ring (bicyclic) bond motifs is 14. The zero-order chi connectivity index (χ0) is 27.6. The lowest BCUT2D eigenvalue weighted by Gasteiger charge is -2.31. The van der Waals surface area contributed by atoms with Crippen LogP contribution in [0.2, 0.25) is 0 Å². The number of rotatable bonds is 3. The maximum absolute atomic E-state index is 13.2. The van der Waals surface area contributed by atoms with Crippen LogP contribution in [0.4, 0.5) is 0 Å². The number of nitrogens with zero attached hydrogens (tertiary/aromatic N) is 1.